The molecule has 3 aliphatic carbocycles. The Hall–Kier alpha value is -1.75. The van der Waals surface area contributed by atoms with E-state index in [4.69, 9.17) is 14.6 Å². The van der Waals surface area contributed by atoms with E-state index < -0.39 is 27.2 Å². The molecule has 1 aliphatic heterocycles. The molecule has 2 unspecified atom stereocenters. The fourth-order valence-corrected chi connectivity index (χ4v) is 7.76. The van der Waals surface area contributed by atoms with E-state index in [0.29, 0.717) is 32.8 Å². The second kappa shape index (κ2) is 15.3. The number of fused-ring (bicyclic) bond motifs is 3. The van der Waals surface area contributed by atoms with Gasteiger partial charge in [-0.15, -0.1) is 5.10 Å². The van der Waals surface area contributed by atoms with Gasteiger partial charge in [-0.25, -0.2) is 13.6 Å². The van der Waals surface area contributed by atoms with Crippen LogP contribution in [0.15, 0.2) is 16.6 Å². The molecule has 1 aromatic rings. The lowest BCUT2D eigenvalue weighted by atomic mass is 9.52. The summed E-state index contributed by atoms with van der Waals surface area (Å²) >= 11 is 1.01. The van der Waals surface area contributed by atoms with Crippen molar-refractivity contribution < 1.29 is 27.8 Å². The Balaban J connectivity index is 1.10. The lowest BCUT2D eigenvalue weighted by Gasteiger charge is -2.51. The third-order valence-corrected chi connectivity index (χ3v) is 11.2. The SMILES string of the molecule is CCCOCCOCCNC(O)CCCCCn1cc(C23CCC(C(=O)NC4NC=C(S(N)(=O)=O)S4)(CC2)CC3)nn1. The first-order chi connectivity index (χ1) is 20.2. The molecule has 6 N–H and O–H groups in total. The number of primary sulfonamides is 1. The maximum Gasteiger partial charge on any atom is 0.245 e. The number of nitrogens with zero attached hydrogens (tertiary/aromatic N) is 3. The number of sulfonamides is 1. The zero-order chi connectivity index (χ0) is 30.1. The Morgan fingerprint density at radius 1 is 1.17 bits per heavy atom. The summed E-state index contributed by atoms with van der Waals surface area (Å²) in [4.78, 5) is 13.2. The number of hydrogen-bond donors (Lipinski definition) is 5. The number of aromatic nitrogens is 3. The molecule has 0 aromatic carbocycles. The molecule has 0 spiro atoms. The van der Waals surface area contributed by atoms with E-state index in [1.165, 1.54) is 6.20 Å². The number of nitrogens with two attached hydrogens (primary N) is 1. The Morgan fingerprint density at radius 3 is 2.55 bits per heavy atom. The van der Waals surface area contributed by atoms with Crippen molar-refractivity contribution in [2.75, 3.05) is 33.0 Å². The molecule has 3 saturated carbocycles. The van der Waals surface area contributed by atoms with Crippen molar-refractivity contribution in [2.24, 2.45) is 10.6 Å². The van der Waals surface area contributed by atoms with Crippen molar-refractivity contribution in [2.45, 2.75) is 101 Å². The van der Waals surface area contributed by atoms with Crippen LogP contribution in [0.2, 0.25) is 0 Å². The molecule has 1 amide bonds. The molecule has 13 nitrogen and oxygen atoms in total. The van der Waals surface area contributed by atoms with Crippen molar-refractivity contribution in [1.82, 2.24) is 30.9 Å². The Kier molecular flexibility index (Phi) is 12.1. The van der Waals surface area contributed by atoms with Gasteiger partial charge in [0.05, 0.1) is 25.5 Å². The first-order valence-corrected chi connectivity index (χ1v) is 17.5. The highest BCUT2D eigenvalue weighted by molar-refractivity contribution is 8.18. The molecule has 2 heterocycles. The van der Waals surface area contributed by atoms with Crippen LogP contribution in [0.5, 0.6) is 0 Å². The number of nitrogens with one attached hydrogen (secondary N) is 3. The minimum absolute atomic E-state index is 0.0236. The highest BCUT2D eigenvalue weighted by atomic mass is 32.3. The maximum atomic E-state index is 13.2. The van der Waals surface area contributed by atoms with Crippen LogP contribution in [0.1, 0.15) is 83.2 Å². The van der Waals surface area contributed by atoms with Gasteiger partial charge in [-0.2, -0.15) is 0 Å². The van der Waals surface area contributed by atoms with E-state index in [1.807, 2.05) is 4.68 Å². The van der Waals surface area contributed by atoms with E-state index in [-0.39, 0.29) is 15.6 Å². The Bertz CT molecular complexity index is 1140. The summed E-state index contributed by atoms with van der Waals surface area (Å²) in [6.45, 7) is 5.96. The van der Waals surface area contributed by atoms with Gasteiger partial charge in [0.1, 0.15) is 10.5 Å². The number of thioether (sulfide) groups is 1. The van der Waals surface area contributed by atoms with Gasteiger partial charge in [0, 0.05) is 42.9 Å². The van der Waals surface area contributed by atoms with Crippen LogP contribution in [-0.4, -0.2) is 79.1 Å². The van der Waals surface area contributed by atoms with Gasteiger partial charge < -0.3 is 25.2 Å². The van der Waals surface area contributed by atoms with E-state index in [9.17, 15) is 18.3 Å². The molecule has 15 heteroatoms. The van der Waals surface area contributed by atoms with Crippen LogP contribution >= 0.6 is 11.8 Å². The smallest absolute Gasteiger partial charge is 0.245 e. The van der Waals surface area contributed by atoms with E-state index in [2.05, 4.69) is 39.4 Å². The summed E-state index contributed by atoms with van der Waals surface area (Å²) < 4.78 is 35.9. The highest BCUT2D eigenvalue weighted by Gasteiger charge is 2.54. The molecule has 1 aromatic heterocycles. The number of aryl methyl sites for hydroxylation is 1. The fraction of sp³-hybridized carbons (Fsp3) is 0.815. The monoisotopic (exact) mass is 629 g/mol. The van der Waals surface area contributed by atoms with Crippen LogP contribution in [0.4, 0.5) is 0 Å². The molecule has 2 atom stereocenters. The molecular weight excluding hydrogens is 582 g/mol. The summed E-state index contributed by atoms with van der Waals surface area (Å²) in [5.41, 5.74) is 0.0176. The predicted molar refractivity (Wildman–Crippen MR) is 160 cm³/mol. The number of unbranched alkanes of at least 4 members (excludes halogenated alkanes) is 2. The lowest BCUT2D eigenvalue weighted by molar-refractivity contribution is -0.138. The summed E-state index contributed by atoms with van der Waals surface area (Å²) in [7, 11) is -3.79. The molecule has 4 aliphatic rings. The lowest BCUT2D eigenvalue weighted by Crippen LogP contribution is -2.54. The number of rotatable bonds is 19. The number of hydrogen-bond acceptors (Lipinski definition) is 11. The Labute approximate surface area is 253 Å². The number of carbonyl (C=O) groups excluding carboxylic acids is 1. The van der Waals surface area contributed by atoms with Crippen LogP contribution in [0.25, 0.3) is 0 Å². The summed E-state index contributed by atoms with van der Waals surface area (Å²) in [6, 6.07) is 0. The van der Waals surface area contributed by atoms with Gasteiger partial charge in [-0.3, -0.25) is 14.8 Å². The quantitative estimate of drug-likeness (QED) is 0.111. The van der Waals surface area contributed by atoms with Gasteiger partial charge in [0.25, 0.3) is 0 Å². The number of amides is 1. The number of aliphatic hydroxyl groups is 1. The third-order valence-electron chi connectivity index (χ3n) is 8.65. The van der Waals surface area contributed by atoms with Crippen molar-refractivity contribution in [3.63, 3.8) is 0 Å². The van der Waals surface area contributed by atoms with E-state index in [0.717, 1.165) is 94.8 Å². The maximum absolute atomic E-state index is 13.2. The summed E-state index contributed by atoms with van der Waals surface area (Å²) in [5, 5.41) is 33.2. The van der Waals surface area contributed by atoms with Gasteiger partial charge >= 0.3 is 0 Å². The van der Waals surface area contributed by atoms with Crippen molar-refractivity contribution in [1.29, 1.82) is 0 Å². The fourth-order valence-electron chi connectivity index (χ4n) is 6.04. The average Bonchev–Trinajstić information content (AvgIpc) is 3.66. The van der Waals surface area contributed by atoms with E-state index in [1.54, 1.807) is 0 Å². The summed E-state index contributed by atoms with van der Waals surface area (Å²) in [5.74, 6) is -0.0323. The van der Waals surface area contributed by atoms with Gasteiger partial charge in [0.15, 0.2) is 5.50 Å². The molecule has 0 radical (unpaired) electrons. The molecule has 42 heavy (non-hydrogen) atoms. The topological polar surface area (TPSA) is 183 Å². The van der Waals surface area contributed by atoms with Crippen LogP contribution in [0, 0.1) is 5.41 Å². The van der Waals surface area contributed by atoms with Crippen molar-refractivity contribution >= 4 is 27.7 Å². The minimum atomic E-state index is -3.79. The normalized spacial score (nSPS) is 26.2. The van der Waals surface area contributed by atoms with Crippen molar-refractivity contribution in [3.05, 3.63) is 22.3 Å². The summed E-state index contributed by atoms with van der Waals surface area (Å²) in [6.07, 6.45) is 12.4. The second-order valence-corrected chi connectivity index (χ2v) is 14.6. The second-order valence-electron chi connectivity index (χ2n) is 11.6. The average molecular weight is 630 g/mol. The largest absolute Gasteiger partial charge is 0.379 e. The van der Waals surface area contributed by atoms with Crippen LogP contribution < -0.4 is 21.1 Å². The molecular formula is C27H47N7O6S2. The van der Waals surface area contributed by atoms with Gasteiger partial charge in [-0.1, -0.05) is 30.3 Å². The van der Waals surface area contributed by atoms with Crippen LogP contribution in [0.3, 0.4) is 0 Å². The van der Waals surface area contributed by atoms with Crippen molar-refractivity contribution in [3.8, 4) is 0 Å². The zero-order valence-electron chi connectivity index (χ0n) is 24.6. The number of ether oxygens (including phenoxy) is 2. The first-order valence-electron chi connectivity index (χ1n) is 15.1. The minimum Gasteiger partial charge on any atom is -0.379 e. The molecule has 238 valence electrons. The Morgan fingerprint density at radius 2 is 1.88 bits per heavy atom. The highest BCUT2D eigenvalue weighted by Crippen LogP contribution is 2.57. The molecule has 2 bridgehead atoms. The molecule has 0 saturated heterocycles. The number of aliphatic hydroxyl groups excluding tert-OH is 1. The van der Waals surface area contributed by atoms with E-state index >= 15 is 0 Å². The van der Waals surface area contributed by atoms with Gasteiger partial charge in [0.2, 0.25) is 15.9 Å². The predicted octanol–water partition coefficient (Wildman–Crippen LogP) is 1.61. The molecule has 3 fully saturated rings. The standard InChI is InChI=1S/C27H47N7O6S2/c1-2-15-39-17-18-40-16-13-29-22(35)6-4-3-5-14-34-20-21(32-33-34)26-7-10-27(11-8-26,12-9-26)24(36)31-25-30-19-23(41-25)42(28,37)38/h19-20,22,25,29-30,35H,2-18H2,1H3,(H,31,36)(H2,28,37,38). The van der Waals surface area contributed by atoms with Gasteiger partial charge in [-0.05, 0) is 64.2 Å². The number of carbonyl (C=O) groups is 1. The molecule has 5 rings (SSSR count). The first kappa shape index (κ1) is 33.1. The van der Waals surface area contributed by atoms with Crippen LogP contribution in [-0.2, 0) is 36.3 Å². The third kappa shape index (κ3) is 8.89. The zero-order valence-corrected chi connectivity index (χ0v) is 26.2.